The molecule has 130 valence electrons. The van der Waals surface area contributed by atoms with Gasteiger partial charge in [0.25, 0.3) is 0 Å². The number of carbonyl (C=O) groups excluding carboxylic acids is 1. The van der Waals surface area contributed by atoms with E-state index < -0.39 is 0 Å². The van der Waals surface area contributed by atoms with Crippen LogP contribution in [0.3, 0.4) is 0 Å². The SMILES string of the molecule is O=C(CO)CCCCCCc1ccc(N(CCCl)CCCl)cc1. The van der Waals surface area contributed by atoms with Crippen molar-refractivity contribution >= 4 is 34.7 Å². The predicted octanol–water partition coefficient (Wildman–Crippen LogP) is 4.03. The van der Waals surface area contributed by atoms with Gasteiger partial charge in [-0.3, -0.25) is 4.79 Å². The third kappa shape index (κ3) is 8.59. The summed E-state index contributed by atoms with van der Waals surface area (Å²) in [6, 6.07) is 8.60. The molecule has 1 aromatic carbocycles. The van der Waals surface area contributed by atoms with Crippen molar-refractivity contribution in [2.24, 2.45) is 0 Å². The van der Waals surface area contributed by atoms with Crippen molar-refractivity contribution in [3.05, 3.63) is 29.8 Å². The Kier molecular flexibility index (Phi) is 11.1. The van der Waals surface area contributed by atoms with Gasteiger partial charge in [-0.1, -0.05) is 25.0 Å². The number of halogens is 2. The van der Waals surface area contributed by atoms with Crippen molar-refractivity contribution in [3.8, 4) is 0 Å². The third-order valence-electron chi connectivity index (χ3n) is 3.86. The van der Waals surface area contributed by atoms with Crippen LogP contribution < -0.4 is 4.90 Å². The van der Waals surface area contributed by atoms with E-state index in [1.165, 1.54) is 5.56 Å². The molecule has 0 aliphatic rings. The van der Waals surface area contributed by atoms with E-state index in [1.54, 1.807) is 0 Å². The van der Waals surface area contributed by atoms with Crippen LogP contribution in [0.25, 0.3) is 0 Å². The van der Waals surface area contributed by atoms with Crippen molar-refractivity contribution in [1.29, 1.82) is 0 Å². The van der Waals surface area contributed by atoms with Gasteiger partial charge in [-0.05, 0) is 37.0 Å². The number of aliphatic hydroxyl groups is 1. The van der Waals surface area contributed by atoms with Crippen LogP contribution in [0, 0.1) is 0 Å². The van der Waals surface area contributed by atoms with Gasteiger partial charge in [0.1, 0.15) is 6.61 Å². The Morgan fingerprint density at radius 1 is 0.957 bits per heavy atom. The third-order valence-corrected chi connectivity index (χ3v) is 4.20. The highest BCUT2D eigenvalue weighted by molar-refractivity contribution is 6.18. The zero-order valence-corrected chi connectivity index (χ0v) is 15.2. The summed E-state index contributed by atoms with van der Waals surface area (Å²) >= 11 is 11.7. The van der Waals surface area contributed by atoms with Crippen LogP contribution in [0.4, 0.5) is 5.69 Å². The molecule has 0 spiro atoms. The molecule has 1 aromatic rings. The van der Waals surface area contributed by atoms with E-state index in [9.17, 15) is 4.79 Å². The number of alkyl halides is 2. The average Bonchev–Trinajstić information content (AvgIpc) is 2.58. The van der Waals surface area contributed by atoms with Gasteiger partial charge < -0.3 is 10.0 Å². The van der Waals surface area contributed by atoms with Crippen LogP contribution in [-0.4, -0.2) is 42.3 Å². The summed E-state index contributed by atoms with van der Waals surface area (Å²) in [7, 11) is 0. The minimum absolute atomic E-state index is 0.0564. The molecule has 0 amide bonds. The summed E-state index contributed by atoms with van der Waals surface area (Å²) < 4.78 is 0. The Balaban J connectivity index is 2.29. The van der Waals surface area contributed by atoms with Gasteiger partial charge in [-0.25, -0.2) is 0 Å². The van der Waals surface area contributed by atoms with Crippen molar-refractivity contribution in [2.75, 3.05) is 36.4 Å². The van der Waals surface area contributed by atoms with Crippen molar-refractivity contribution in [1.82, 2.24) is 0 Å². The topological polar surface area (TPSA) is 40.5 Å². The monoisotopic (exact) mass is 359 g/mol. The number of carbonyl (C=O) groups is 1. The molecule has 0 heterocycles. The molecule has 0 unspecified atom stereocenters. The number of nitrogens with zero attached hydrogens (tertiary/aromatic N) is 1. The number of rotatable bonds is 13. The fourth-order valence-electron chi connectivity index (χ4n) is 2.53. The van der Waals surface area contributed by atoms with E-state index in [4.69, 9.17) is 28.3 Å². The highest BCUT2D eigenvalue weighted by Crippen LogP contribution is 2.17. The summed E-state index contributed by atoms with van der Waals surface area (Å²) in [6.45, 7) is 1.29. The van der Waals surface area contributed by atoms with E-state index in [0.29, 0.717) is 18.2 Å². The first-order chi connectivity index (χ1) is 11.2. The van der Waals surface area contributed by atoms with Crippen LogP contribution >= 0.6 is 23.2 Å². The van der Waals surface area contributed by atoms with Gasteiger partial charge >= 0.3 is 0 Å². The standard InChI is InChI=1S/C18H27Cl2NO2/c19-11-13-21(14-12-20)17-9-7-16(8-10-17)5-3-1-2-4-6-18(23)15-22/h7-10,22H,1-6,11-15H2. The molecule has 5 heteroatoms. The second-order valence-corrected chi connectivity index (χ2v) is 6.40. The van der Waals surface area contributed by atoms with Crippen molar-refractivity contribution < 1.29 is 9.90 Å². The Labute approximate surface area is 149 Å². The number of Topliss-reactive ketones (excluding diaryl/α,β-unsaturated/α-hetero) is 1. The zero-order chi connectivity index (χ0) is 16.9. The van der Waals surface area contributed by atoms with Crippen LogP contribution in [0.5, 0.6) is 0 Å². The number of hydrogen-bond acceptors (Lipinski definition) is 3. The molecule has 0 aliphatic carbocycles. The van der Waals surface area contributed by atoms with Crippen LogP contribution in [-0.2, 0) is 11.2 Å². The Morgan fingerprint density at radius 3 is 2.13 bits per heavy atom. The maximum Gasteiger partial charge on any atom is 0.158 e. The second kappa shape index (κ2) is 12.6. The lowest BCUT2D eigenvalue weighted by atomic mass is 10.0. The second-order valence-electron chi connectivity index (χ2n) is 5.64. The van der Waals surface area contributed by atoms with Gasteiger partial charge in [-0.15, -0.1) is 23.2 Å². The molecular weight excluding hydrogens is 333 g/mol. The van der Waals surface area contributed by atoms with Crippen molar-refractivity contribution in [2.45, 2.75) is 38.5 Å². The maximum absolute atomic E-state index is 11.0. The molecule has 0 atom stereocenters. The van der Waals surface area contributed by atoms with Gasteiger partial charge in [0.2, 0.25) is 0 Å². The highest BCUT2D eigenvalue weighted by atomic mass is 35.5. The van der Waals surface area contributed by atoms with Crippen molar-refractivity contribution in [3.63, 3.8) is 0 Å². The lowest BCUT2D eigenvalue weighted by Gasteiger charge is -2.23. The molecule has 23 heavy (non-hydrogen) atoms. The number of benzene rings is 1. The summed E-state index contributed by atoms with van der Waals surface area (Å²) in [6.07, 6.45) is 5.72. The molecule has 1 N–H and O–H groups in total. The lowest BCUT2D eigenvalue weighted by Crippen LogP contribution is -2.27. The molecule has 3 nitrogen and oxygen atoms in total. The van der Waals surface area contributed by atoms with Gasteiger partial charge in [0, 0.05) is 37.0 Å². The minimum atomic E-state index is -0.323. The molecule has 0 bridgehead atoms. The highest BCUT2D eigenvalue weighted by Gasteiger charge is 2.05. The predicted molar refractivity (Wildman–Crippen MR) is 99.0 cm³/mol. The van der Waals surface area contributed by atoms with E-state index >= 15 is 0 Å². The smallest absolute Gasteiger partial charge is 0.158 e. The largest absolute Gasteiger partial charge is 0.389 e. The Hall–Kier alpha value is -0.770. The molecule has 0 saturated heterocycles. The fraction of sp³-hybridized carbons (Fsp3) is 0.611. The normalized spacial score (nSPS) is 10.7. The molecule has 0 aliphatic heterocycles. The first-order valence-electron chi connectivity index (χ1n) is 8.29. The summed E-state index contributed by atoms with van der Waals surface area (Å²) in [5.41, 5.74) is 2.49. The first-order valence-corrected chi connectivity index (χ1v) is 9.36. The van der Waals surface area contributed by atoms with Crippen LogP contribution in [0.1, 0.15) is 37.7 Å². The fourth-order valence-corrected chi connectivity index (χ4v) is 2.94. The number of hydrogen-bond donors (Lipinski definition) is 1. The van der Waals surface area contributed by atoms with Gasteiger partial charge in [0.15, 0.2) is 5.78 Å². The average molecular weight is 360 g/mol. The van der Waals surface area contributed by atoms with Gasteiger partial charge in [-0.2, -0.15) is 0 Å². The number of ketones is 1. The van der Waals surface area contributed by atoms with Crippen LogP contribution in [0.15, 0.2) is 24.3 Å². The number of anilines is 1. The van der Waals surface area contributed by atoms with E-state index in [-0.39, 0.29) is 12.4 Å². The molecule has 0 radical (unpaired) electrons. The number of aliphatic hydroxyl groups excluding tert-OH is 1. The van der Waals surface area contributed by atoms with Crippen LogP contribution in [0.2, 0.25) is 0 Å². The molecular formula is C18H27Cl2NO2. The van der Waals surface area contributed by atoms with Gasteiger partial charge in [0.05, 0.1) is 0 Å². The molecule has 0 fully saturated rings. The molecule has 0 saturated carbocycles. The number of unbranched alkanes of at least 4 members (excludes halogenated alkanes) is 3. The minimum Gasteiger partial charge on any atom is -0.389 e. The number of aryl methyl sites for hydroxylation is 1. The quantitative estimate of drug-likeness (QED) is 0.427. The van der Waals surface area contributed by atoms with E-state index in [1.807, 2.05) is 0 Å². The molecule has 0 aromatic heterocycles. The first kappa shape index (κ1) is 20.3. The lowest BCUT2D eigenvalue weighted by molar-refractivity contribution is -0.121. The zero-order valence-electron chi connectivity index (χ0n) is 13.6. The van der Waals surface area contributed by atoms with E-state index in [0.717, 1.165) is 50.9 Å². The maximum atomic E-state index is 11.0. The Morgan fingerprint density at radius 2 is 1.57 bits per heavy atom. The van der Waals surface area contributed by atoms with E-state index in [2.05, 4.69) is 29.2 Å². The summed E-state index contributed by atoms with van der Waals surface area (Å²) in [5.74, 6) is 1.13. The Bertz CT molecular complexity index is 431. The summed E-state index contributed by atoms with van der Waals surface area (Å²) in [5, 5.41) is 8.65. The molecule has 1 rings (SSSR count). The summed E-state index contributed by atoms with van der Waals surface area (Å²) in [4.78, 5) is 13.2.